The number of fused-ring (bicyclic) bond motifs is 1. The molecule has 2 aromatic rings. The Morgan fingerprint density at radius 2 is 1.83 bits per heavy atom. The van der Waals surface area contributed by atoms with Gasteiger partial charge in [-0.15, -0.1) is 0 Å². The number of nitrogens with zero attached hydrogens (tertiary/aromatic N) is 2. The van der Waals surface area contributed by atoms with Gasteiger partial charge in [0.15, 0.2) is 0 Å². The van der Waals surface area contributed by atoms with E-state index in [2.05, 4.69) is 34.5 Å². The predicted octanol–water partition coefficient (Wildman–Crippen LogP) is 1.41. The van der Waals surface area contributed by atoms with Crippen LogP contribution >= 0.6 is 0 Å². The second-order valence-electron chi connectivity index (χ2n) is 6.13. The molecule has 5 heteroatoms. The minimum atomic E-state index is -0.0720. The minimum absolute atomic E-state index is 0.0110. The van der Waals surface area contributed by atoms with Crippen molar-refractivity contribution in [2.75, 3.05) is 19.6 Å². The third kappa shape index (κ3) is 4.32. The van der Waals surface area contributed by atoms with Crippen molar-refractivity contribution in [1.82, 2.24) is 14.8 Å². The molecule has 0 spiro atoms. The van der Waals surface area contributed by atoms with E-state index >= 15 is 0 Å². The molecule has 126 valence electrons. The highest BCUT2D eigenvalue weighted by Gasteiger charge is 2.15. The molecule has 0 unspecified atom stereocenters. The minimum Gasteiger partial charge on any atom is -0.355 e. The van der Waals surface area contributed by atoms with Gasteiger partial charge in [-0.25, -0.2) is 0 Å². The van der Waals surface area contributed by atoms with Crippen LogP contribution < -0.4 is 10.9 Å². The van der Waals surface area contributed by atoms with Gasteiger partial charge in [-0.3, -0.25) is 14.5 Å². The van der Waals surface area contributed by atoms with E-state index in [4.69, 9.17) is 0 Å². The number of carbonyl (C=O) groups is 1. The van der Waals surface area contributed by atoms with Crippen LogP contribution in [-0.2, 0) is 24.3 Å². The first-order valence-electron chi connectivity index (χ1n) is 8.44. The maximum atomic E-state index is 11.9. The number of amides is 1. The summed E-state index contributed by atoms with van der Waals surface area (Å²) in [6.07, 6.45) is 3.11. The largest absolute Gasteiger partial charge is 0.355 e. The van der Waals surface area contributed by atoms with Crippen LogP contribution in [0.4, 0.5) is 0 Å². The summed E-state index contributed by atoms with van der Waals surface area (Å²) < 4.78 is 1.56. The molecule has 0 saturated carbocycles. The van der Waals surface area contributed by atoms with Gasteiger partial charge in [0.1, 0.15) is 0 Å². The Kier molecular flexibility index (Phi) is 5.43. The molecule has 0 atom stereocenters. The number of pyridine rings is 1. The van der Waals surface area contributed by atoms with Crippen molar-refractivity contribution < 1.29 is 4.79 Å². The molecule has 1 aromatic heterocycles. The lowest BCUT2D eigenvalue weighted by Crippen LogP contribution is -2.38. The van der Waals surface area contributed by atoms with E-state index in [1.807, 2.05) is 0 Å². The molecular formula is C19H23N3O2. The van der Waals surface area contributed by atoms with E-state index in [9.17, 15) is 9.59 Å². The first kappa shape index (κ1) is 16.5. The van der Waals surface area contributed by atoms with Gasteiger partial charge in [0, 0.05) is 51.4 Å². The number of nitrogens with one attached hydrogen (secondary N) is 1. The number of carbonyl (C=O) groups excluding carboxylic acids is 1. The Hall–Kier alpha value is -2.40. The summed E-state index contributed by atoms with van der Waals surface area (Å²) in [5.41, 5.74) is 2.75. The molecule has 2 heterocycles. The lowest BCUT2D eigenvalue weighted by molar-refractivity contribution is -0.121. The number of aryl methyl sites for hydroxylation is 1. The van der Waals surface area contributed by atoms with Gasteiger partial charge in [-0.05, 0) is 23.6 Å². The van der Waals surface area contributed by atoms with Gasteiger partial charge in [0.05, 0.1) is 0 Å². The molecule has 5 nitrogen and oxygen atoms in total. The molecule has 0 fully saturated rings. The molecule has 0 radical (unpaired) electrons. The second kappa shape index (κ2) is 7.93. The van der Waals surface area contributed by atoms with E-state index in [1.54, 1.807) is 22.9 Å². The van der Waals surface area contributed by atoms with Gasteiger partial charge >= 0.3 is 0 Å². The zero-order chi connectivity index (χ0) is 16.8. The van der Waals surface area contributed by atoms with Crippen LogP contribution in [0.25, 0.3) is 0 Å². The Bertz CT molecular complexity index is 754. The van der Waals surface area contributed by atoms with Crippen molar-refractivity contribution in [1.29, 1.82) is 0 Å². The average Bonchev–Trinajstić information content (AvgIpc) is 2.61. The summed E-state index contributed by atoms with van der Waals surface area (Å²) >= 11 is 0. The number of rotatable bonds is 6. The highest BCUT2D eigenvalue weighted by molar-refractivity contribution is 5.75. The van der Waals surface area contributed by atoms with Crippen LogP contribution in [0.2, 0.25) is 0 Å². The number of aromatic nitrogens is 1. The summed E-state index contributed by atoms with van der Waals surface area (Å²) in [5.74, 6) is -0.0110. The molecule has 1 aliphatic rings. The van der Waals surface area contributed by atoms with Gasteiger partial charge < -0.3 is 9.88 Å². The van der Waals surface area contributed by atoms with E-state index in [-0.39, 0.29) is 11.5 Å². The molecule has 1 aliphatic heterocycles. The molecule has 3 rings (SSSR count). The van der Waals surface area contributed by atoms with Crippen molar-refractivity contribution in [3.8, 4) is 0 Å². The van der Waals surface area contributed by atoms with Crippen molar-refractivity contribution in [2.24, 2.45) is 0 Å². The quantitative estimate of drug-likeness (QED) is 0.874. The zero-order valence-corrected chi connectivity index (χ0v) is 13.8. The van der Waals surface area contributed by atoms with Crippen LogP contribution in [0.5, 0.6) is 0 Å². The highest BCUT2D eigenvalue weighted by Crippen LogP contribution is 2.17. The van der Waals surface area contributed by atoms with E-state index < -0.39 is 0 Å². The predicted molar refractivity (Wildman–Crippen MR) is 93.8 cm³/mol. The van der Waals surface area contributed by atoms with E-state index in [1.165, 1.54) is 17.2 Å². The normalized spacial score (nSPS) is 14.2. The molecular weight excluding hydrogens is 302 g/mol. The zero-order valence-electron chi connectivity index (χ0n) is 13.8. The van der Waals surface area contributed by atoms with Gasteiger partial charge in [0.25, 0.3) is 5.56 Å². The first-order valence-corrected chi connectivity index (χ1v) is 8.44. The number of hydrogen-bond donors (Lipinski definition) is 1. The van der Waals surface area contributed by atoms with Gasteiger partial charge in [0.2, 0.25) is 5.91 Å². The molecule has 0 saturated heterocycles. The molecule has 1 N–H and O–H groups in total. The SMILES string of the molecule is O=C(CCn1ccccc1=O)NCCN1CCc2ccccc2C1. The smallest absolute Gasteiger partial charge is 0.250 e. The van der Waals surface area contributed by atoms with Crippen LogP contribution in [0.1, 0.15) is 17.5 Å². The molecule has 24 heavy (non-hydrogen) atoms. The maximum absolute atomic E-state index is 11.9. The van der Waals surface area contributed by atoms with Crippen LogP contribution in [-0.4, -0.2) is 35.0 Å². The number of benzene rings is 1. The van der Waals surface area contributed by atoms with E-state index in [0.717, 1.165) is 26.1 Å². The fourth-order valence-corrected chi connectivity index (χ4v) is 3.05. The Balaban J connectivity index is 1.38. The Labute approximate surface area is 141 Å². The van der Waals surface area contributed by atoms with E-state index in [0.29, 0.717) is 19.5 Å². The summed E-state index contributed by atoms with van der Waals surface area (Å²) in [5, 5.41) is 2.95. The Morgan fingerprint density at radius 1 is 1.04 bits per heavy atom. The van der Waals surface area contributed by atoms with Crippen LogP contribution in [0.15, 0.2) is 53.5 Å². The topological polar surface area (TPSA) is 54.3 Å². The third-order valence-corrected chi connectivity index (χ3v) is 4.44. The molecule has 1 aromatic carbocycles. The van der Waals surface area contributed by atoms with Crippen molar-refractivity contribution in [3.05, 3.63) is 70.1 Å². The molecule has 0 bridgehead atoms. The van der Waals surface area contributed by atoms with Crippen molar-refractivity contribution in [2.45, 2.75) is 25.9 Å². The summed E-state index contributed by atoms with van der Waals surface area (Å²) in [6, 6.07) is 13.6. The molecule has 1 amide bonds. The lowest BCUT2D eigenvalue weighted by Gasteiger charge is -2.28. The average molecular weight is 325 g/mol. The fourth-order valence-electron chi connectivity index (χ4n) is 3.05. The summed E-state index contributed by atoms with van der Waals surface area (Å²) in [6.45, 7) is 3.90. The third-order valence-electron chi connectivity index (χ3n) is 4.44. The van der Waals surface area contributed by atoms with Gasteiger partial charge in [-0.1, -0.05) is 30.3 Å². The van der Waals surface area contributed by atoms with Gasteiger partial charge in [-0.2, -0.15) is 0 Å². The van der Waals surface area contributed by atoms with Crippen molar-refractivity contribution in [3.63, 3.8) is 0 Å². The first-order chi connectivity index (χ1) is 11.7. The maximum Gasteiger partial charge on any atom is 0.250 e. The summed E-state index contributed by atoms with van der Waals surface area (Å²) in [4.78, 5) is 25.9. The monoisotopic (exact) mass is 325 g/mol. The van der Waals surface area contributed by atoms with Crippen LogP contribution in [0, 0.1) is 0 Å². The number of hydrogen-bond acceptors (Lipinski definition) is 3. The van der Waals surface area contributed by atoms with Crippen molar-refractivity contribution >= 4 is 5.91 Å². The highest BCUT2D eigenvalue weighted by atomic mass is 16.1. The summed E-state index contributed by atoms with van der Waals surface area (Å²) in [7, 11) is 0. The van der Waals surface area contributed by atoms with Crippen LogP contribution in [0.3, 0.4) is 0 Å². The Morgan fingerprint density at radius 3 is 2.67 bits per heavy atom. The molecule has 0 aliphatic carbocycles. The standard InChI is InChI=1S/C19H23N3O2/c23-18(9-13-22-11-4-3-7-19(22)24)20-10-14-21-12-8-16-5-1-2-6-17(16)15-21/h1-7,11H,8-10,12-15H2,(H,20,23). The fraction of sp³-hybridized carbons (Fsp3) is 0.368. The second-order valence-corrected chi connectivity index (χ2v) is 6.13. The lowest BCUT2D eigenvalue weighted by atomic mass is 10.00.